The van der Waals surface area contributed by atoms with Crippen molar-refractivity contribution in [1.82, 2.24) is 47.9 Å². The number of guanidine groups is 1. The molecule has 452 valence electrons. The topological polar surface area (TPSA) is 525 Å². The number of aliphatic carboxylic acids is 1. The molecule has 0 aromatic carbocycles. The van der Waals surface area contributed by atoms with E-state index in [1.807, 2.05) is 0 Å². The van der Waals surface area contributed by atoms with Crippen LogP contribution in [0.5, 0.6) is 0 Å². The summed E-state index contributed by atoms with van der Waals surface area (Å²) in [4.78, 5) is 151. The zero-order valence-electron chi connectivity index (χ0n) is 46.9. The van der Waals surface area contributed by atoms with Crippen molar-refractivity contribution in [3.8, 4) is 0 Å². The van der Waals surface area contributed by atoms with Crippen LogP contribution in [0.1, 0.15) is 126 Å². The monoisotopic (exact) mass is 1130 g/mol. The summed E-state index contributed by atoms with van der Waals surface area (Å²) in [6.45, 7) is 12.0. The number of nitrogens with zero attached hydrogens (tertiary/aromatic N) is 1. The van der Waals surface area contributed by atoms with E-state index >= 15 is 0 Å². The number of carboxylic acid groups (broad SMARTS) is 1. The van der Waals surface area contributed by atoms with Crippen molar-refractivity contribution in [2.24, 2.45) is 57.1 Å². The second kappa shape index (κ2) is 37.9. The molecule has 0 aromatic rings. The van der Waals surface area contributed by atoms with Gasteiger partial charge in [-0.15, -0.1) is 0 Å². The molecule has 0 unspecified atom stereocenters. The Kier molecular flexibility index (Phi) is 34.7. The van der Waals surface area contributed by atoms with E-state index < -0.39 is 151 Å². The molecule has 0 bridgehead atoms. The number of aliphatic hydroxyl groups is 2. The Labute approximate surface area is 461 Å². The summed E-state index contributed by atoms with van der Waals surface area (Å²) in [5.41, 5.74) is 33.8. The number of amides is 10. The van der Waals surface area contributed by atoms with Crippen LogP contribution >= 0.6 is 0 Å². The van der Waals surface area contributed by atoms with Crippen LogP contribution in [0, 0.1) is 17.8 Å². The number of carbonyl (C=O) groups excluding carboxylic acids is 10. The molecule has 10 amide bonds. The molecule has 24 N–H and O–H groups in total. The summed E-state index contributed by atoms with van der Waals surface area (Å²) < 4.78 is 0. The number of nitrogens with one attached hydrogen (secondary N) is 9. The largest absolute Gasteiger partial charge is 0.480 e. The first kappa shape index (κ1) is 72.2. The molecule has 0 aliphatic carbocycles. The highest BCUT2D eigenvalue weighted by atomic mass is 16.4. The van der Waals surface area contributed by atoms with Crippen molar-refractivity contribution >= 4 is 71.0 Å². The van der Waals surface area contributed by atoms with Gasteiger partial charge in [0.2, 0.25) is 59.1 Å². The molecule has 0 heterocycles. The van der Waals surface area contributed by atoms with Gasteiger partial charge in [0.1, 0.15) is 54.4 Å². The normalized spacial score (nSPS) is 15.4. The van der Waals surface area contributed by atoms with Crippen molar-refractivity contribution in [1.29, 1.82) is 0 Å². The maximum absolute atomic E-state index is 14.1. The molecule has 79 heavy (non-hydrogen) atoms. The van der Waals surface area contributed by atoms with Gasteiger partial charge in [-0.3, -0.25) is 57.7 Å². The van der Waals surface area contributed by atoms with Crippen molar-refractivity contribution < 1.29 is 68.1 Å². The lowest BCUT2D eigenvalue weighted by atomic mass is 10.0. The Morgan fingerprint density at radius 1 is 0.468 bits per heavy atom. The average Bonchev–Trinajstić information content (AvgIpc) is 3.35. The second-order valence-electron chi connectivity index (χ2n) is 20.6. The van der Waals surface area contributed by atoms with E-state index in [1.54, 1.807) is 41.5 Å². The Hall–Kier alpha value is -6.76. The molecule has 0 saturated carbocycles. The predicted molar refractivity (Wildman–Crippen MR) is 291 cm³/mol. The van der Waals surface area contributed by atoms with E-state index in [2.05, 4.69) is 52.8 Å². The number of unbranched alkanes of at least 4 members (excludes halogenated alkanes) is 2. The molecule has 30 nitrogen and oxygen atoms in total. The number of hydrogen-bond donors (Lipinski definition) is 18. The molecule has 0 rings (SSSR count). The Bertz CT molecular complexity index is 2040. The van der Waals surface area contributed by atoms with Crippen LogP contribution < -0.4 is 82.3 Å². The van der Waals surface area contributed by atoms with Gasteiger partial charge >= 0.3 is 5.97 Å². The number of nitrogens with two attached hydrogens (primary N) is 6. The number of rotatable bonds is 40. The van der Waals surface area contributed by atoms with Crippen LogP contribution in [0.3, 0.4) is 0 Å². The lowest BCUT2D eigenvalue weighted by Gasteiger charge is -2.29. The fourth-order valence-corrected chi connectivity index (χ4v) is 7.63. The van der Waals surface area contributed by atoms with E-state index in [1.165, 1.54) is 6.92 Å². The minimum absolute atomic E-state index is 0.00995. The Morgan fingerprint density at radius 2 is 0.861 bits per heavy atom. The van der Waals surface area contributed by atoms with Crippen molar-refractivity contribution in [2.45, 2.75) is 193 Å². The fourth-order valence-electron chi connectivity index (χ4n) is 7.63. The predicted octanol–water partition coefficient (Wildman–Crippen LogP) is -5.91. The van der Waals surface area contributed by atoms with Crippen LogP contribution in [-0.2, 0) is 52.7 Å². The molecule has 0 aliphatic heterocycles. The zero-order chi connectivity index (χ0) is 60.7. The standard InChI is InChI=1S/C49H92N16O14/c1-24(2)20-32(60-40(70)30(15-10-12-18-51)58-39(69)29(52)14-9-11-17-50)42(72)61-34(22-36(53)68)44(74)59-31(16-13-19-56-49(54)55)41(71)65-38(28(8)67)47(77)62-33(21-25(3)4)43(73)63-35(23-66)45(75)64-37(26(5)6)46(76)57-27(7)48(78)79/h24-35,37-38,66-67H,9-23,50-52H2,1-8H3,(H2,53,68)(H,57,76)(H,58,69)(H,59,74)(H,60,70)(H,61,72)(H,62,77)(H,63,73)(H,64,75)(H,65,71)(H,78,79)(H4,54,55,56)/t27-,28+,29-,30-,31-,32-,33-,34-,35-,37-,38-/m0/s1. The average molecular weight is 1130 g/mol. The third kappa shape index (κ3) is 29.2. The minimum Gasteiger partial charge on any atom is -0.480 e. The first-order chi connectivity index (χ1) is 36.9. The first-order valence-corrected chi connectivity index (χ1v) is 26.6. The fraction of sp³-hybridized carbons (Fsp3) is 0.755. The molecule has 0 fully saturated rings. The van der Waals surface area contributed by atoms with E-state index in [0.29, 0.717) is 45.2 Å². The molecule has 0 aliphatic rings. The van der Waals surface area contributed by atoms with E-state index in [4.69, 9.17) is 34.4 Å². The number of carboxylic acids is 1. The van der Waals surface area contributed by atoms with Gasteiger partial charge < -0.3 is 97.6 Å². The molecule has 0 saturated heterocycles. The molecule has 0 radical (unpaired) electrons. The highest BCUT2D eigenvalue weighted by Crippen LogP contribution is 2.12. The quantitative estimate of drug-likeness (QED) is 0.0154. The lowest BCUT2D eigenvalue weighted by Crippen LogP contribution is -2.62. The van der Waals surface area contributed by atoms with E-state index in [0.717, 1.165) is 6.92 Å². The van der Waals surface area contributed by atoms with Crippen molar-refractivity contribution in [2.75, 3.05) is 26.2 Å². The van der Waals surface area contributed by atoms with Crippen LogP contribution in [0.2, 0.25) is 0 Å². The summed E-state index contributed by atoms with van der Waals surface area (Å²) in [7, 11) is 0. The van der Waals surface area contributed by atoms with Crippen molar-refractivity contribution in [3.63, 3.8) is 0 Å². The minimum atomic E-state index is -1.83. The van der Waals surface area contributed by atoms with Crippen LogP contribution in [0.15, 0.2) is 4.99 Å². The van der Waals surface area contributed by atoms with Gasteiger partial charge in [0.05, 0.1) is 25.2 Å². The van der Waals surface area contributed by atoms with E-state index in [-0.39, 0.29) is 56.4 Å². The van der Waals surface area contributed by atoms with Gasteiger partial charge in [-0.2, -0.15) is 0 Å². The summed E-state index contributed by atoms with van der Waals surface area (Å²) >= 11 is 0. The number of carbonyl (C=O) groups is 11. The Morgan fingerprint density at radius 3 is 1.32 bits per heavy atom. The van der Waals surface area contributed by atoms with Crippen LogP contribution in [0.4, 0.5) is 0 Å². The van der Waals surface area contributed by atoms with Gasteiger partial charge in [0.25, 0.3) is 0 Å². The second-order valence-corrected chi connectivity index (χ2v) is 20.6. The third-order valence-electron chi connectivity index (χ3n) is 12.0. The number of primary amides is 1. The third-order valence-corrected chi connectivity index (χ3v) is 12.0. The lowest BCUT2D eigenvalue weighted by molar-refractivity contribution is -0.142. The maximum atomic E-state index is 14.1. The van der Waals surface area contributed by atoms with Crippen LogP contribution in [-0.4, -0.2) is 179 Å². The summed E-state index contributed by atoms with van der Waals surface area (Å²) in [6.07, 6.45) is -0.208. The molecular formula is C49H92N16O14. The summed E-state index contributed by atoms with van der Waals surface area (Å²) in [6, 6.07) is -14.4. The smallest absolute Gasteiger partial charge is 0.325 e. The van der Waals surface area contributed by atoms with Gasteiger partial charge in [-0.25, -0.2) is 0 Å². The molecule has 30 heteroatoms. The molecule has 11 atom stereocenters. The Balaban J connectivity index is 6.76. The number of aliphatic hydroxyl groups excluding tert-OH is 2. The maximum Gasteiger partial charge on any atom is 0.325 e. The highest BCUT2D eigenvalue weighted by molar-refractivity contribution is 5.99. The highest BCUT2D eigenvalue weighted by Gasteiger charge is 2.37. The van der Waals surface area contributed by atoms with Gasteiger partial charge in [-0.05, 0) is 102 Å². The van der Waals surface area contributed by atoms with Gasteiger partial charge in [-0.1, -0.05) is 48.0 Å². The molecule has 0 spiro atoms. The van der Waals surface area contributed by atoms with Crippen LogP contribution in [0.25, 0.3) is 0 Å². The number of aliphatic imine (C=N–C) groups is 1. The SMILES string of the molecule is CC(C)C[C@H](NC(=O)[C@H](CCCCN)NC(=O)[C@@H](N)CCCCN)C(=O)N[C@@H](CC(N)=O)C(=O)N[C@@H](CCCN=C(N)N)C(=O)N[C@H](C(=O)N[C@@H](CC(C)C)C(=O)N[C@@H](CO)C(=O)N[C@H](C(=O)N[C@@H](C)C(=O)O)C(C)C)[C@@H](C)O. The van der Waals surface area contributed by atoms with Gasteiger partial charge in [0, 0.05) is 6.54 Å². The van der Waals surface area contributed by atoms with E-state index in [9.17, 15) is 68.1 Å². The number of hydrogen-bond acceptors (Lipinski definition) is 17. The molecule has 0 aromatic heterocycles. The van der Waals surface area contributed by atoms with Crippen molar-refractivity contribution in [3.05, 3.63) is 0 Å². The van der Waals surface area contributed by atoms with Gasteiger partial charge in [0.15, 0.2) is 5.96 Å². The summed E-state index contributed by atoms with van der Waals surface area (Å²) in [5.74, 6) is -12.3. The first-order valence-electron chi connectivity index (χ1n) is 26.6. The zero-order valence-corrected chi connectivity index (χ0v) is 46.9. The molecular weight excluding hydrogens is 1040 g/mol. The summed E-state index contributed by atoms with van der Waals surface area (Å²) in [5, 5.41) is 52.2.